The van der Waals surface area contributed by atoms with E-state index >= 15 is 0 Å². The molecule has 0 aliphatic heterocycles. The van der Waals surface area contributed by atoms with E-state index in [4.69, 9.17) is 16.3 Å². The molecule has 2 atom stereocenters. The molecule has 1 aliphatic carbocycles. The number of carbonyl (C=O) groups excluding carboxylic acids is 2. The molecule has 2 unspecified atom stereocenters. The Hall–Kier alpha value is -3.68. The molecule has 2 N–H and O–H groups in total. The first-order chi connectivity index (χ1) is 17.4. The zero-order chi connectivity index (χ0) is 25.2. The lowest BCUT2D eigenvalue weighted by Crippen LogP contribution is -2.25. The molecule has 2 amide bonds. The number of nitrogens with one attached hydrogen (secondary N) is 2. The molecule has 5 rings (SSSR count). The number of amides is 2. The van der Waals surface area contributed by atoms with Crippen LogP contribution in [-0.2, 0) is 11.2 Å². The molecule has 0 bridgehead atoms. The third-order valence-corrected chi connectivity index (χ3v) is 7.54. The summed E-state index contributed by atoms with van der Waals surface area (Å²) in [5.41, 5.74) is 5.00. The molecule has 0 radical (unpaired) electrons. The van der Waals surface area contributed by atoms with Gasteiger partial charge in [0.2, 0.25) is 5.91 Å². The van der Waals surface area contributed by atoms with Crippen LogP contribution in [0.2, 0.25) is 5.02 Å². The average Bonchev–Trinajstić information content (AvgIpc) is 3.49. The van der Waals surface area contributed by atoms with E-state index in [1.165, 1.54) is 29.6 Å². The predicted molar refractivity (Wildman–Crippen MR) is 144 cm³/mol. The van der Waals surface area contributed by atoms with E-state index in [0.717, 1.165) is 12.0 Å². The molecule has 1 aliphatic rings. The Kier molecular flexibility index (Phi) is 6.76. The molecule has 182 valence electrons. The van der Waals surface area contributed by atoms with Crippen LogP contribution in [0.4, 0.5) is 10.8 Å². The maximum Gasteiger partial charge on any atom is 0.255 e. The number of nitrogens with zero attached hydrogens (tertiary/aromatic N) is 1. The van der Waals surface area contributed by atoms with Gasteiger partial charge in [0.05, 0.1) is 17.8 Å². The van der Waals surface area contributed by atoms with Crippen LogP contribution < -0.4 is 15.4 Å². The van der Waals surface area contributed by atoms with Crippen molar-refractivity contribution in [2.24, 2.45) is 5.92 Å². The van der Waals surface area contributed by atoms with Crippen molar-refractivity contribution in [1.29, 1.82) is 0 Å². The van der Waals surface area contributed by atoms with E-state index in [2.05, 4.69) is 34.7 Å². The number of carbonyl (C=O) groups is 2. The van der Waals surface area contributed by atoms with Gasteiger partial charge in [0, 0.05) is 28.1 Å². The highest BCUT2D eigenvalue weighted by Crippen LogP contribution is 2.38. The normalized spacial score (nSPS) is 16.3. The zero-order valence-electron chi connectivity index (χ0n) is 19.7. The summed E-state index contributed by atoms with van der Waals surface area (Å²) in [4.78, 5) is 30.4. The Bertz CT molecular complexity index is 1450. The van der Waals surface area contributed by atoms with Gasteiger partial charge in [-0.25, -0.2) is 4.98 Å². The van der Waals surface area contributed by atoms with Crippen LogP contribution in [0, 0.1) is 5.92 Å². The summed E-state index contributed by atoms with van der Waals surface area (Å²) in [6.45, 7) is 2.10. The number of ether oxygens (including phenoxy) is 1. The van der Waals surface area contributed by atoms with E-state index in [9.17, 15) is 9.59 Å². The summed E-state index contributed by atoms with van der Waals surface area (Å²) in [6.07, 6.45) is 0.734. The Morgan fingerprint density at radius 1 is 1.06 bits per heavy atom. The third kappa shape index (κ3) is 4.85. The number of benzene rings is 3. The molecular weight excluding hydrogens is 494 g/mol. The van der Waals surface area contributed by atoms with E-state index < -0.39 is 0 Å². The van der Waals surface area contributed by atoms with Gasteiger partial charge in [0.15, 0.2) is 5.13 Å². The summed E-state index contributed by atoms with van der Waals surface area (Å²) in [6, 6.07) is 20.5. The fourth-order valence-electron chi connectivity index (χ4n) is 4.54. The minimum absolute atomic E-state index is 0.0223. The molecule has 8 heteroatoms. The van der Waals surface area contributed by atoms with Crippen LogP contribution in [0.1, 0.15) is 34.3 Å². The van der Waals surface area contributed by atoms with Gasteiger partial charge >= 0.3 is 0 Å². The van der Waals surface area contributed by atoms with Gasteiger partial charge < -0.3 is 15.4 Å². The number of rotatable bonds is 6. The molecule has 4 aromatic rings. The highest BCUT2D eigenvalue weighted by molar-refractivity contribution is 7.14. The van der Waals surface area contributed by atoms with Gasteiger partial charge in [-0.15, -0.1) is 11.3 Å². The smallest absolute Gasteiger partial charge is 0.255 e. The highest BCUT2D eigenvalue weighted by Gasteiger charge is 2.34. The van der Waals surface area contributed by atoms with Crippen molar-refractivity contribution in [3.8, 4) is 17.0 Å². The molecule has 36 heavy (non-hydrogen) atoms. The number of anilines is 2. The Morgan fingerprint density at radius 3 is 2.67 bits per heavy atom. The van der Waals surface area contributed by atoms with Crippen LogP contribution in [0.5, 0.6) is 5.75 Å². The van der Waals surface area contributed by atoms with Crippen LogP contribution >= 0.6 is 22.9 Å². The van der Waals surface area contributed by atoms with E-state index in [1.54, 1.807) is 36.4 Å². The van der Waals surface area contributed by atoms with Crippen LogP contribution in [0.25, 0.3) is 11.3 Å². The SMILES string of the molecule is COc1ccc(NC(=O)c2cccc(-c3csc(NC(=O)C4Cc5ccccc5C4C)n3)c2)cc1Cl. The number of halogens is 1. The minimum Gasteiger partial charge on any atom is -0.495 e. The molecule has 3 aromatic carbocycles. The number of thiazole rings is 1. The second-order valence-corrected chi connectivity index (χ2v) is 9.97. The lowest BCUT2D eigenvalue weighted by atomic mass is 9.94. The molecule has 0 saturated heterocycles. The lowest BCUT2D eigenvalue weighted by molar-refractivity contribution is -0.120. The van der Waals surface area contributed by atoms with Gasteiger partial charge in [-0.1, -0.05) is 54.9 Å². The highest BCUT2D eigenvalue weighted by atomic mass is 35.5. The topological polar surface area (TPSA) is 80.3 Å². The fraction of sp³-hybridized carbons (Fsp3) is 0.179. The first-order valence-electron chi connectivity index (χ1n) is 11.5. The van der Waals surface area contributed by atoms with Gasteiger partial charge in [0.1, 0.15) is 5.75 Å². The lowest BCUT2D eigenvalue weighted by Gasteiger charge is -2.14. The second-order valence-electron chi connectivity index (χ2n) is 8.71. The van der Waals surface area contributed by atoms with Crippen molar-refractivity contribution in [1.82, 2.24) is 4.98 Å². The second kappa shape index (κ2) is 10.1. The molecule has 6 nitrogen and oxygen atoms in total. The van der Waals surface area contributed by atoms with Crippen LogP contribution in [-0.4, -0.2) is 23.9 Å². The van der Waals surface area contributed by atoms with Gasteiger partial charge in [-0.2, -0.15) is 0 Å². The maximum absolute atomic E-state index is 13.0. The summed E-state index contributed by atoms with van der Waals surface area (Å²) in [5.74, 6) is 0.294. The number of hydrogen-bond acceptors (Lipinski definition) is 5. The molecule has 1 heterocycles. The van der Waals surface area contributed by atoms with Crippen molar-refractivity contribution in [2.45, 2.75) is 19.3 Å². The Balaban J connectivity index is 1.27. The minimum atomic E-state index is -0.267. The molecule has 1 aromatic heterocycles. The van der Waals surface area contributed by atoms with Crippen molar-refractivity contribution in [3.05, 3.63) is 93.8 Å². The van der Waals surface area contributed by atoms with Crippen molar-refractivity contribution < 1.29 is 14.3 Å². The van der Waals surface area contributed by atoms with Crippen molar-refractivity contribution in [3.63, 3.8) is 0 Å². The van der Waals surface area contributed by atoms with Crippen molar-refractivity contribution >= 4 is 45.6 Å². The summed E-state index contributed by atoms with van der Waals surface area (Å²) >= 11 is 7.53. The summed E-state index contributed by atoms with van der Waals surface area (Å²) in [7, 11) is 1.54. The van der Waals surface area contributed by atoms with E-state index in [-0.39, 0.29) is 23.7 Å². The summed E-state index contributed by atoms with van der Waals surface area (Å²) in [5, 5.41) is 8.67. The maximum atomic E-state index is 13.0. The fourth-order valence-corrected chi connectivity index (χ4v) is 5.52. The third-order valence-electron chi connectivity index (χ3n) is 6.49. The van der Waals surface area contributed by atoms with Gasteiger partial charge in [0.25, 0.3) is 5.91 Å². The largest absolute Gasteiger partial charge is 0.495 e. The van der Waals surface area contributed by atoms with Gasteiger partial charge in [-0.05, 0) is 53.8 Å². The quantitative estimate of drug-likeness (QED) is 0.300. The predicted octanol–water partition coefficient (Wildman–Crippen LogP) is 6.64. The number of hydrogen-bond donors (Lipinski definition) is 2. The van der Waals surface area contributed by atoms with E-state index in [0.29, 0.717) is 32.8 Å². The standard InChI is InChI=1S/C28H24ClN3O3S/c1-16-21-9-4-3-6-17(21)13-22(16)27(34)32-28-31-24(15-36-28)18-7-5-8-19(12-18)26(33)30-20-10-11-25(35-2)23(29)14-20/h3-12,14-16,22H,13H2,1-2H3,(H,30,33)(H,31,32,34). The number of aromatic nitrogens is 1. The first kappa shape index (κ1) is 24.0. The monoisotopic (exact) mass is 517 g/mol. The Morgan fingerprint density at radius 2 is 1.89 bits per heavy atom. The van der Waals surface area contributed by atoms with E-state index in [1.807, 2.05) is 23.6 Å². The number of fused-ring (bicyclic) bond motifs is 1. The van der Waals surface area contributed by atoms with Crippen LogP contribution in [0.15, 0.2) is 72.1 Å². The summed E-state index contributed by atoms with van der Waals surface area (Å²) < 4.78 is 5.15. The molecule has 0 fully saturated rings. The molecule has 0 saturated carbocycles. The van der Waals surface area contributed by atoms with Gasteiger partial charge in [-0.3, -0.25) is 9.59 Å². The zero-order valence-corrected chi connectivity index (χ0v) is 21.3. The Labute approximate surface area is 218 Å². The molecule has 0 spiro atoms. The average molecular weight is 518 g/mol. The van der Waals surface area contributed by atoms with Crippen LogP contribution in [0.3, 0.4) is 0 Å². The molecular formula is C28H24ClN3O3S. The first-order valence-corrected chi connectivity index (χ1v) is 12.8. The van der Waals surface area contributed by atoms with Crippen molar-refractivity contribution in [2.75, 3.05) is 17.7 Å². The number of methoxy groups -OCH3 is 1.